The Labute approximate surface area is 81.8 Å². The Morgan fingerprint density at radius 1 is 1.36 bits per heavy atom. The van der Waals surface area contributed by atoms with Gasteiger partial charge in [0.05, 0.1) is 6.10 Å². The quantitative estimate of drug-likeness (QED) is 0.557. The van der Waals surface area contributed by atoms with Crippen LogP contribution < -0.4 is 0 Å². The van der Waals surface area contributed by atoms with Gasteiger partial charge in [-0.2, -0.15) is 0 Å². The van der Waals surface area contributed by atoms with Crippen molar-refractivity contribution in [2.24, 2.45) is 0 Å². The molecule has 0 unspecified atom stereocenters. The van der Waals surface area contributed by atoms with E-state index in [4.69, 9.17) is 9.84 Å². The van der Waals surface area contributed by atoms with Gasteiger partial charge in [-0.3, -0.25) is 0 Å². The molecule has 0 aromatic heterocycles. The van der Waals surface area contributed by atoms with Crippen LogP contribution in [-0.2, 0) is 4.74 Å². The summed E-state index contributed by atoms with van der Waals surface area (Å²) in [5.41, 5.74) is -0.0290. The number of benzene rings is 1. The zero-order chi connectivity index (χ0) is 10.7. The molecule has 2 N–H and O–H groups in total. The predicted octanol–water partition coefficient (Wildman–Crippen LogP) is 1.66. The minimum atomic E-state index is -0.645. The van der Waals surface area contributed by atoms with Crippen molar-refractivity contribution in [2.45, 2.75) is 20.0 Å². The topological polar surface area (TPSA) is 66.8 Å². The van der Waals surface area contributed by atoms with Gasteiger partial charge in [-0.05, 0) is 26.0 Å². The number of ether oxygens (including phenoxy) is 1. The fourth-order valence-corrected chi connectivity index (χ4v) is 0.974. The van der Waals surface area contributed by atoms with E-state index in [0.29, 0.717) is 0 Å². The van der Waals surface area contributed by atoms with Crippen LogP contribution in [0.25, 0.3) is 0 Å². The molecule has 1 aromatic rings. The summed E-state index contributed by atoms with van der Waals surface area (Å²) in [5.74, 6) is -1.42. The summed E-state index contributed by atoms with van der Waals surface area (Å²) in [7, 11) is 0. The fraction of sp³-hybridized carbons (Fsp3) is 0.300. The van der Waals surface area contributed by atoms with E-state index in [1.165, 1.54) is 18.2 Å². The van der Waals surface area contributed by atoms with Crippen LogP contribution in [0.2, 0.25) is 0 Å². The number of aromatic hydroxyl groups is 2. The van der Waals surface area contributed by atoms with Crippen molar-refractivity contribution in [3.8, 4) is 11.5 Å². The Balaban J connectivity index is 2.96. The third kappa shape index (κ3) is 2.16. The summed E-state index contributed by atoms with van der Waals surface area (Å²) < 4.78 is 4.86. The highest BCUT2D eigenvalue weighted by atomic mass is 16.5. The zero-order valence-electron chi connectivity index (χ0n) is 8.02. The number of hydrogen-bond acceptors (Lipinski definition) is 4. The largest absolute Gasteiger partial charge is 0.504 e. The minimum Gasteiger partial charge on any atom is -0.504 e. The first-order chi connectivity index (χ1) is 6.52. The highest BCUT2D eigenvalue weighted by Crippen LogP contribution is 2.28. The SMILES string of the molecule is CC(C)OC(=O)c1cccc(O)c1O. The molecule has 1 rings (SSSR count). The highest BCUT2D eigenvalue weighted by molar-refractivity contribution is 5.93. The van der Waals surface area contributed by atoms with Gasteiger partial charge in [0.15, 0.2) is 11.5 Å². The van der Waals surface area contributed by atoms with Crippen LogP contribution >= 0.6 is 0 Å². The first-order valence-electron chi connectivity index (χ1n) is 4.24. The second-order valence-corrected chi connectivity index (χ2v) is 3.13. The van der Waals surface area contributed by atoms with Crippen LogP contribution in [0.3, 0.4) is 0 Å². The maximum Gasteiger partial charge on any atom is 0.342 e. The standard InChI is InChI=1S/C10H12O4/c1-6(2)14-10(13)7-4-3-5-8(11)9(7)12/h3-6,11-12H,1-2H3. The Bertz CT molecular complexity index is 344. The minimum absolute atomic E-state index is 0.0290. The maximum atomic E-state index is 11.3. The Kier molecular flexibility index (Phi) is 2.96. The van der Waals surface area contributed by atoms with E-state index in [2.05, 4.69) is 0 Å². The zero-order valence-corrected chi connectivity index (χ0v) is 8.02. The summed E-state index contributed by atoms with van der Waals surface area (Å²) >= 11 is 0. The van der Waals surface area contributed by atoms with Gasteiger partial charge in [-0.1, -0.05) is 6.07 Å². The molecule has 0 atom stereocenters. The molecular weight excluding hydrogens is 184 g/mol. The molecule has 0 radical (unpaired) electrons. The van der Waals surface area contributed by atoms with E-state index in [1.54, 1.807) is 13.8 Å². The van der Waals surface area contributed by atoms with Gasteiger partial charge in [-0.15, -0.1) is 0 Å². The predicted molar refractivity (Wildman–Crippen MR) is 50.3 cm³/mol. The number of phenolic OH excluding ortho intramolecular Hbond substituents is 2. The smallest absolute Gasteiger partial charge is 0.342 e. The lowest BCUT2D eigenvalue weighted by molar-refractivity contribution is 0.0374. The van der Waals surface area contributed by atoms with E-state index in [9.17, 15) is 9.90 Å². The average Bonchev–Trinajstić information content (AvgIpc) is 2.08. The molecule has 4 heteroatoms. The molecule has 0 aliphatic carbocycles. The van der Waals surface area contributed by atoms with Crippen LogP contribution in [0.1, 0.15) is 24.2 Å². The molecule has 0 saturated carbocycles. The number of hydrogen-bond donors (Lipinski definition) is 2. The fourth-order valence-electron chi connectivity index (χ4n) is 0.974. The molecule has 0 aliphatic heterocycles. The van der Waals surface area contributed by atoms with Crippen molar-refractivity contribution >= 4 is 5.97 Å². The second-order valence-electron chi connectivity index (χ2n) is 3.13. The number of rotatable bonds is 2. The lowest BCUT2D eigenvalue weighted by Crippen LogP contribution is -2.11. The van der Waals surface area contributed by atoms with Crippen molar-refractivity contribution in [3.63, 3.8) is 0 Å². The van der Waals surface area contributed by atoms with Crippen molar-refractivity contribution in [3.05, 3.63) is 23.8 Å². The molecule has 0 aliphatic rings. The number of phenols is 2. The average molecular weight is 196 g/mol. The van der Waals surface area contributed by atoms with Gasteiger partial charge in [0.2, 0.25) is 0 Å². The summed E-state index contributed by atoms with van der Waals surface area (Å²) in [6.07, 6.45) is -0.260. The lowest BCUT2D eigenvalue weighted by Gasteiger charge is -2.09. The summed E-state index contributed by atoms with van der Waals surface area (Å²) in [6, 6.07) is 4.15. The third-order valence-electron chi connectivity index (χ3n) is 1.58. The Morgan fingerprint density at radius 3 is 2.57 bits per heavy atom. The molecular formula is C10H12O4. The molecule has 0 heterocycles. The van der Waals surface area contributed by atoms with Crippen molar-refractivity contribution in [1.29, 1.82) is 0 Å². The highest BCUT2D eigenvalue weighted by Gasteiger charge is 2.15. The molecule has 14 heavy (non-hydrogen) atoms. The van der Waals surface area contributed by atoms with Gasteiger partial charge in [0.25, 0.3) is 0 Å². The lowest BCUT2D eigenvalue weighted by atomic mass is 10.2. The Morgan fingerprint density at radius 2 is 2.00 bits per heavy atom. The summed E-state index contributed by atoms with van der Waals surface area (Å²) in [4.78, 5) is 11.3. The van der Waals surface area contributed by atoms with E-state index >= 15 is 0 Å². The maximum absolute atomic E-state index is 11.3. The molecule has 0 saturated heterocycles. The van der Waals surface area contributed by atoms with Gasteiger partial charge in [0, 0.05) is 0 Å². The van der Waals surface area contributed by atoms with Crippen molar-refractivity contribution in [2.75, 3.05) is 0 Å². The van der Waals surface area contributed by atoms with Crippen LogP contribution in [0.4, 0.5) is 0 Å². The second kappa shape index (κ2) is 4.00. The van der Waals surface area contributed by atoms with Crippen molar-refractivity contribution < 1.29 is 19.7 Å². The van der Waals surface area contributed by atoms with E-state index in [-0.39, 0.29) is 17.4 Å². The van der Waals surface area contributed by atoms with Gasteiger partial charge >= 0.3 is 5.97 Å². The number of esters is 1. The van der Waals surface area contributed by atoms with E-state index in [0.717, 1.165) is 0 Å². The number of carbonyl (C=O) groups is 1. The monoisotopic (exact) mass is 196 g/mol. The number of carbonyl (C=O) groups excluding carboxylic acids is 1. The first-order valence-corrected chi connectivity index (χ1v) is 4.24. The van der Waals surface area contributed by atoms with Gasteiger partial charge in [-0.25, -0.2) is 4.79 Å². The van der Waals surface area contributed by atoms with Gasteiger partial charge in [0.1, 0.15) is 5.56 Å². The van der Waals surface area contributed by atoms with Crippen LogP contribution in [0.15, 0.2) is 18.2 Å². The molecule has 0 fully saturated rings. The summed E-state index contributed by atoms with van der Waals surface area (Å²) in [6.45, 7) is 3.41. The van der Waals surface area contributed by atoms with Gasteiger partial charge < -0.3 is 14.9 Å². The van der Waals surface area contributed by atoms with Crippen LogP contribution in [-0.4, -0.2) is 22.3 Å². The molecule has 1 aromatic carbocycles. The Hall–Kier alpha value is -1.71. The number of para-hydroxylation sites is 1. The first kappa shape index (κ1) is 10.4. The molecule has 0 spiro atoms. The summed E-state index contributed by atoms with van der Waals surface area (Å²) in [5, 5.41) is 18.5. The van der Waals surface area contributed by atoms with E-state index < -0.39 is 11.7 Å². The molecule has 4 nitrogen and oxygen atoms in total. The molecule has 76 valence electrons. The van der Waals surface area contributed by atoms with Crippen LogP contribution in [0.5, 0.6) is 11.5 Å². The van der Waals surface area contributed by atoms with Crippen molar-refractivity contribution in [1.82, 2.24) is 0 Å². The molecule has 0 bridgehead atoms. The molecule has 0 amide bonds. The van der Waals surface area contributed by atoms with Crippen LogP contribution in [0, 0.1) is 0 Å². The normalized spacial score (nSPS) is 10.2. The van der Waals surface area contributed by atoms with E-state index in [1.807, 2.05) is 0 Å². The third-order valence-corrected chi connectivity index (χ3v) is 1.58.